The van der Waals surface area contributed by atoms with Crippen LogP contribution in [0.25, 0.3) is 0 Å². The highest BCUT2D eigenvalue weighted by molar-refractivity contribution is 5.95. The van der Waals surface area contributed by atoms with Crippen LogP contribution in [0.2, 0.25) is 0 Å². The van der Waals surface area contributed by atoms with Gasteiger partial charge < -0.3 is 14.6 Å². The number of aromatic hydroxyl groups is 1. The molecule has 1 aliphatic carbocycles. The molecule has 6 heteroatoms. The van der Waals surface area contributed by atoms with E-state index in [1.807, 2.05) is 6.92 Å². The van der Waals surface area contributed by atoms with Crippen LogP contribution in [0.15, 0.2) is 23.0 Å². The smallest absolute Gasteiger partial charge is 0.315 e. The first-order valence-corrected chi connectivity index (χ1v) is 11.0. The Morgan fingerprint density at radius 2 is 1.93 bits per heavy atom. The number of aromatic nitrogens is 2. The molecule has 4 rings (SSSR count). The molecule has 2 aromatic rings. The predicted octanol–water partition coefficient (Wildman–Crippen LogP) is 3.35. The molecule has 6 nitrogen and oxygen atoms in total. The van der Waals surface area contributed by atoms with E-state index in [2.05, 4.69) is 37.0 Å². The van der Waals surface area contributed by atoms with E-state index in [1.165, 1.54) is 16.7 Å². The lowest BCUT2D eigenvalue weighted by atomic mass is 9.73. The van der Waals surface area contributed by atoms with Gasteiger partial charge in [0, 0.05) is 31.5 Å². The molecule has 0 radical (unpaired) electrons. The van der Waals surface area contributed by atoms with Crippen molar-refractivity contribution in [2.75, 3.05) is 7.05 Å². The number of benzene rings is 1. The quantitative estimate of drug-likeness (QED) is 0.840. The topological polar surface area (TPSA) is 75.4 Å². The molecule has 1 aliphatic heterocycles. The van der Waals surface area contributed by atoms with Crippen LogP contribution in [0.4, 0.5) is 0 Å². The molecular weight excluding hydrogens is 378 g/mol. The first kappa shape index (κ1) is 20.6. The summed E-state index contributed by atoms with van der Waals surface area (Å²) in [5, 5.41) is 10.4. The fourth-order valence-corrected chi connectivity index (χ4v) is 5.25. The zero-order valence-corrected chi connectivity index (χ0v) is 18.4. The largest absolute Gasteiger partial charge is 0.501 e. The number of likely N-dealkylation sites (N-methyl/N-ethyl adjacent to an activating group) is 1. The lowest BCUT2D eigenvalue weighted by Gasteiger charge is -2.36. The van der Waals surface area contributed by atoms with E-state index >= 15 is 0 Å². The highest BCUT2D eigenvalue weighted by Crippen LogP contribution is 2.45. The van der Waals surface area contributed by atoms with Gasteiger partial charge in [-0.1, -0.05) is 38.0 Å². The van der Waals surface area contributed by atoms with Crippen molar-refractivity contribution < 1.29 is 9.90 Å². The number of hydrogen-bond donors (Lipinski definition) is 1. The number of aryl methyl sites for hydroxylation is 2. The molecule has 0 saturated heterocycles. The zero-order valence-electron chi connectivity index (χ0n) is 18.4. The summed E-state index contributed by atoms with van der Waals surface area (Å²) in [4.78, 5) is 31.2. The molecule has 2 aliphatic rings. The van der Waals surface area contributed by atoms with Crippen LogP contribution < -0.4 is 5.56 Å². The lowest BCUT2D eigenvalue weighted by molar-refractivity contribution is 0.0660. The molecule has 0 unspecified atom stereocenters. The van der Waals surface area contributed by atoms with Gasteiger partial charge >= 0.3 is 5.56 Å². The molecule has 2 heterocycles. The highest BCUT2D eigenvalue weighted by Gasteiger charge is 2.40. The van der Waals surface area contributed by atoms with Crippen LogP contribution in [0.3, 0.4) is 0 Å². The number of carbonyl (C=O) groups excluding carboxylic acids is 1. The first-order valence-electron chi connectivity index (χ1n) is 11.0. The lowest BCUT2D eigenvalue weighted by Crippen LogP contribution is -2.47. The molecule has 1 amide bonds. The second-order valence-corrected chi connectivity index (χ2v) is 9.07. The number of rotatable bonds is 4. The summed E-state index contributed by atoms with van der Waals surface area (Å²) in [6, 6.07) is 6.67. The van der Waals surface area contributed by atoms with Crippen molar-refractivity contribution in [2.24, 2.45) is 0 Å². The molecule has 30 heavy (non-hydrogen) atoms. The summed E-state index contributed by atoms with van der Waals surface area (Å²) in [5.41, 5.74) is 3.19. The molecule has 1 N–H and O–H groups in total. The number of hydrogen-bond acceptors (Lipinski definition) is 4. The third kappa shape index (κ3) is 3.22. The molecule has 1 aromatic heterocycles. The van der Waals surface area contributed by atoms with Gasteiger partial charge in [-0.3, -0.25) is 9.59 Å². The average Bonchev–Trinajstić information content (AvgIpc) is 3.19. The van der Waals surface area contributed by atoms with Crippen molar-refractivity contribution in [1.29, 1.82) is 0 Å². The van der Waals surface area contributed by atoms with Crippen molar-refractivity contribution in [3.8, 4) is 5.75 Å². The maximum absolute atomic E-state index is 12.9. The van der Waals surface area contributed by atoms with E-state index in [0.29, 0.717) is 18.8 Å². The van der Waals surface area contributed by atoms with Gasteiger partial charge in [0.25, 0.3) is 5.91 Å². The van der Waals surface area contributed by atoms with Crippen LogP contribution in [-0.2, 0) is 24.8 Å². The number of fused-ring (bicyclic) bond motifs is 1. The first-order chi connectivity index (χ1) is 14.3. The van der Waals surface area contributed by atoms with Gasteiger partial charge in [-0.25, -0.2) is 0 Å². The van der Waals surface area contributed by atoms with Crippen LogP contribution in [0.5, 0.6) is 5.75 Å². The summed E-state index contributed by atoms with van der Waals surface area (Å²) in [5.74, 6) is -0.243. The Labute approximate surface area is 177 Å². The van der Waals surface area contributed by atoms with Gasteiger partial charge in [-0.05, 0) is 49.8 Å². The van der Waals surface area contributed by atoms with E-state index < -0.39 is 11.3 Å². The third-order valence-corrected chi connectivity index (χ3v) is 7.21. The zero-order chi connectivity index (χ0) is 21.6. The number of amides is 1. The molecular formula is C24H31N3O3. The maximum Gasteiger partial charge on any atom is 0.315 e. The van der Waals surface area contributed by atoms with Crippen LogP contribution in [-0.4, -0.2) is 38.6 Å². The predicted molar refractivity (Wildman–Crippen MR) is 116 cm³/mol. The van der Waals surface area contributed by atoms with Crippen molar-refractivity contribution >= 4 is 5.91 Å². The fourth-order valence-electron chi connectivity index (χ4n) is 5.25. The standard InChI is InChI=1S/C24H31N3O3/c1-5-17-9-8-15(2)18(12-17)24(10-6-7-11-24)13-19-25-22(29)21(28)20-23(30)26(4)16(3)14-27(19)20/h8-9,12,16,28H,5-7,10-11,13-14H2,1-4H3/t16-/m0/s1. The van der Waals surface area contributed by atoms with Crippen molar-refractivity contribution in [2.45, 2.75) is 77.3 Å². The molecule has 1 aromatic carbocycles. The van der Waals surface area contributed by atoms with Crippen LogP contribution >= 0.6 is 0 Å². The van der Waals surface area contributed by atoms with Gasteiger partial charge in [-0.15, -0.1) is 0 Å². The fraction of sp³-hybridized carbons (Fsp3) is 0.542. The van der Waals surface area contributed by atoms with E-state index in [1.54, 1.807) is 16.5 Å². The van der Waals surface area contributed by atoms with Gasteiger partial charge in [0.15, 0.2) is 5.69 Å². The summed E-state index contributed by atoms with van der Waals surface area (Å²) in [7, 11) is 1.71. The normalized spacial score (nSPS) is 20.5. The van der Waals surface area contributed by atoms with Gasteiger partial charge in [-0.2, -0.15) is 4.98 Å². The minimum absolute atomic E-state index is 0.0304. The summed E-state index contributed by atoms with van der Waals surface area (Å²) >= 11 is 0. The van der Waals surface area contributed by atoms with Crippen molar-refractivity contribution in [3.63, 3.8) is 0 Å². The SMILES string of the molecule is CCc1ccc(C)c(C2(Cc3nc(=O)c(O)c4n3C[C@H](C)N(C)C4=O)CCCC2)c1. The molecule has 0 spiro atoms. The second-order valence-electron chi connectivity index (χ2n) is 9.07. The Hall–Kier alpha value is -2.63. The number of carbonyl (C=O) groups is 1. The second kappa shape index (κ2) is 7.56. The van der Waals surface area contributed by atoms with Gasteiger partial charge in [0.1, 0.15) is 5.82 Å². The Balaban J connectivity index is 1.86. The average molecular weight is 410 g/mol. The Bertz CT molecular complexity index is 1050. The van der Waals surface area contributed by atoms with Gasteiger partial charge in [0.05, 0.1) is 0 Å². The molecule has 160 valence electrons. The van der Waals surface area contributed by atoms with E-state index in [0.717, 1.165) is 32.1 Å². The summed E-state index contributed by atoms with van der Waals surface area (Å²) in [6.07, 6.45) is 5.94. The van der Waals surface area contributed by atoms with E-state index in [4.69, 9.17) is 0 Å². The van der Waals surface area contributed by atoms with Crippen molar-refractivity contribution in [1.82, 2.24) is 14.5 Å². The minimum Gasteiger partial charge on any atom is -0.501 e. The molecule has 0 bridgehead atoms. The van der Waals surface area contributed by atoms with Crippen LogP contribution in [0, 0.1) is 6.92 Å². The molecule has 1 fully saturated rings. The monoisotopic (exact) mass is 409 g/mol. The van der Waals surface area contributed by atoms with E-state index in [9.17, 15) is 14.7 Å². The Kier molecular flexibility index (Phi) is 5.20. The van der Waals surface area contributed by atoms with E-state index in [-0.39, 0.29) is 23.1 Å². The van der Waals surface area contributed by atoms with Gasteiger partial charge in [0.2, 0.25) is 5.75 Å². The summed E-state index contributed by atoms with van der Waals surface area (Å²) < 4.78 is 1.79. The maximum atomic E-state index is 12.9. The van der Waals surface area contributed by atoms with Crippen LogP contribution in [0.1, 0.15) is 72.5 Å². The third-order valence-electron chi connectivity index (χ3n) is 7.21. The van der Waals surface area contributed by atoms with Crippen molar-refractivity contribution in [3.05, 3.63) is 56.8 Å². The summed E-state index contributed by atoms with van der Waals surface area (Å²) in [6.45, 7) is 6.82. The number of nitrogens with zero attached hydrogens (tertiary/aromatic N) is 3. The highest BCUT2D eigenvalue weighted by atomic mass is 16.3. The minimum atomic E-state index is -0.709. The Morgan fingerprint density at radius 1 is 1.23 bits per heavy atom. The molecule has 1 atom stereocenters. The molecule has 1 saturated carbocycles. The Morgan fingerprint density at radius 3 is 2.60 bits per heavy atom.